The zero-order valence-electron chi connectivity index (χ0n) is 28.8. The minimum absolute atomic E-state index is 0.0228. The van der Waals surface area contributed by atoms with Crippen molar-refractivity contribution in [1.29, 1.82) is 0 Å². The number of methoxy groups -OCH3 is 1. The van der Waals surface area contributed by atoms with Gasteiger partial charge in [-0.3, -0.25) is 19.1 Å². The largest absolute Gasteiger partial charge is 0.493 e. The van der Waals surface area contributed by atoms with Crippen LogP contribution in [-0.4, -0.2) is 63.5 Å². The number of amides is 1. The van der Waals surface area contributed by atoms with Gasteiger partial charge in [0, 0.05) is 47.5 Å². The number of pyridine rings is 1. The van der Waals surface area contributed by atoms with Crippen LogP contribution in [0.2, 0.25) is 5.02 Å². The van der Waals surface area contributed by atoms with Gasteiger partial charge in [0.25, 0.3) is 11.5 Å². The first kappa shape index (κ1) is 36.3. The molecule has 3 heterocycles. The van der Waals surface area contributed by atoms with Crippen molar-refractivity contribution in [1.82, 2.24) is 24.2 Å². The maximum Gasteiger partial charge on any atom is 0.352 e. The Kier molecular flexibility index (Phi) is 11.3. The van der Waals surface area contributed by atoms with Crippen LogP contribution in [0.5, 0.6) is 23.0 Å². The predicted molar refractivity (Wildman–Crippen MR) is 197 cm³/mol. The molecule has 12 nitrogen and oxygen atoms in total. The van der Waals surface area contributed by atoms with E-state index in [9.17, 15) is 14.4 Å². The average molecular weight is 729 g/mol. The summed E-state index contributed by atoms with van der Waals surface area (Å²) in [6, 6.07) is 15.0. The summed E-state index contributed by atoms with van der Waals surface area (Å²) in [5.41, 5.74) is -1.45. The molecule has 0 saturated carbocycles. The van der Waals surface area contributed by atoms with Crippen molar-refractivity contribution < 1.29 is 23.4 Å². The van der Waals surface area contributed by atoms with Crippen molar-refractivity contribution >= 4 is 34.1 Å². The maximum absolute atomic E-state index is 15.5. The molecule has 14 heteroatoms. The summed E-state index contributed by atoms with van der Waals surface area (Å²) in [7, 11) is 1.56. The molecular formula is C38H38ClFN6O6. The highest BCUT2D eigenvalue weighted by molar-refractivity contribution is 6.30. The molecule has 1 fully saturated rings. The van der Waals surface area contributed by atoms with Gasteiger partial charge in [0.05, 0.1) is 24.9 Å². The van der Waals surface area contributed by atoms with Crippen molar-refractivity contribution in [3.63, 3.8) is 0 Å². The van der Waals surface area contributed by atoms with E-state index in [2.05, 4.69) is 33.8 Å². The third kappa shape index (κ3) is 8.16. The quantitative estimate of drug-likeness (QED) is 0.107. The van der Waals surface area contributed by atoms with E-state index in [1.165, 1.54) is 55.3 Å². The number of nitrogens with one attached hydrogen (secondary N) is 1. The molecule has 0 spiro atoms. The third-order valence-electron chi connectivity index (χ3n) is 8.81. The van der Waals surface area contributed by atoms with Crippen LogP contribution in [0.25, 0.3) is 16.6 Å². The molecule has 0 radical (unpaired) electrons. The van der Waals surface area contributed by atoms with Crippen LogP contribution in [0.15, 0.2) is 89.1 Å². The second-order valence-electron chi connectivity index (χ2n) is 12.5. The molecular weight excluding hydrogens is 691 g/mol. The summed E-state index contributed by atoms with van der Waals surface area (Å²) in [6.45, 7) is 9.36. The molecule has 5 aromatic rings. The summed E-state index contributed by atoms with van der Waals surface area (Å²) >= 11 is 5.98. The molecule has 1 amide bonds. The lowest BCUT2D eigenvalue weighted by Gasteiger charge is -2.30. The van der Waals surface area contributed by atoms with Crippen molar-refractivity contribution in [3.8, 4) is 28.7 Å². The number of anilines is 1. The van der Waals surface area contributed by atoms with E-state index in [0.29, 0.717) is 39.8 Å². The zero-order chi connectivity index (χ0) is 36.8. The second-order valence-corrected chi connectivity index (χ2v) is 12.9. The standard InChI is InChI=1S/C38H38ClFN6O6/c1-4-16-45-37(48)35(43-46(38(45)49)27-9-6-25(39)7-10-27)36(47)42-26-8-11-32(29(40)21-26)52-31-12-15-41-30-23-33(50-3)34(22-28(30)31)51-20-5-17-44-18-13-24(2)14-19-44/h4,6-12,15,21-24H,1,5,13-14,16-20H2,2-3H3,(H,42,47). The highest BCUT2D eigenvalue weighted by atomic mass is 35.5. The Morgan fingerprint density at radius 2 is 1.81 bits per heavy atom. The van der Waals surface area contributed by atoms with Crippen molar-refractivity contribution in [2.24, 2.45) is 5.92 Å². The molecule has 3 aromatic carbocycles. The first-order valence-corrected chi connectivity index (χ1v) is 17.2. The summed E-state index contributed by atoms with van der Waals surface area (Å²) in [5, 5.41) is 7.53. The Hall–Kier alpha value is -5.53. The molecule has 1 saturated heterocycles. The topological polar surface area (TPSA) is 130 Å². The Bertz CT molecular complexity index is 2220. The minimum atomic E-state index is -0.953. The van der Waals surface area contributed by atoms with E-state index < -0.39 is 28.7 Å². The van der Waals surface area contributed by atoms with Crippen molar-refractivity contribution in [2.75, 3.05) is 38.7 Å². The van der Waals surface area contributed by atoms with E-state index >= 15 is 4.39 Å². The van der Waals surface area contributed by atoms with Gasteiger partial charge in [-0.1, -0.05) is 24.6 Å². The van der Waals surface area contributed by atoms with Crippen LogP contribution in [0.4, 0.5) is 10.1 Å². The lowest BCUT2D eigenvalue weighted by Crippen LogP contribution is -2.44. The summed E-state index contributed by atoms with van der Waals surface area (Å²) in [6.07, 6.45) is 6.17. The lowest BCUT2D eigenvalue weighted by atomic mass is 9.99. The molecule has 0 aliphatic carbocycles. The normalized spacial score (nSPS) is 13.5. The van der Waals surface area contributed by atoms with Gasteiger partial charge in [-0.2, -0.15) is 9.78 Å². The van der Waals surface area contributed by atoms with Gasteiger partial charge in [0.2, 0.25) is 5.69 Å². The van der Waals surface area contributed by atoms with Gasteiger partial charge in [-0.15, -0.1) is 6.58 Å². The van der Waals surface area contributed by atoms with E-state index in [0.717, 1.165) is 47.3 Å². The number of nitrogens with zero attached hydrogens (tertiary/aromatic N) is 5. The number of likely N-dealkylation sites (tertiary alicyclic amines) is 1. The molecule has 270 valence electrons. The molecule has 2 aromatic heterocycles. The Morgan fingerprint density at radius 1 is 1.04 bits per heavy atom. The predicted octanol–water partition coefficient (Wildman–Crippen LogP) is 6.47. The fourth-order valence-electron chi connectivity index (χ4n) is 5.91. The zero-order valence-corrected chi connectivity index (χ0v) is 29.6. The van der Waals surface area contributed by atoms with Crippen molar-refractivity contribution in [2.45, 2.75) is 32.7 Å². The van der Waals surface area contributed by atoms with Gasteiger partial charge in [0.15, 0.2) is 23.1 Å². The van der Waals surface area contributed by atoms with Gasteiger partial charge in [-0.25, -0.2) is 9.18 Å². The molecule has 1 aliphatic heterocycles. The highest BCUT2D eigenvalue weighted by Gasteiger charge is 2.21. The van der Waals surface area contributed by atoms with Crippen LogP contribution in [0.1, 0.15) is 36.7 Å². The van der Waals surface area contributed by atoms with Crippen LogP contribution in [0.3, 0.4) is 0 Å². The number of hydrogen-bond donors (Lipinski definition) is 1. The van der Waals surface area contributed by atoms with E-state index in [4.69, 9.17) is 25.8 Å². The van der Waals surface area contributed by atoms with E-state index in [1.54, 1.807) is 31.5 Å². The van der Waals surface area contributed by atoms with Crippen LogP contribution >= 0.6 is 11.6 Å². The van der Waals surface area contributed by atoms with E-state index in [1.807, 2.05) is 0 Å². The second kappa shape index (κ2) is 16.2. The van der Waals surface area contributed by atoms with E-state index in [-0.39, 0.29) is 23.7 Å². The summed E-state index contributed by atoms with van der Waals surface area (Å²) < 4.78 is 34.9. The molecule has 6 rings (SSSR count). The fourth-order valence-corrected chi connectivity index (χ4v) is 6.04. The average Bonchev–Trinajstić information content (AvgIpc) is 3.14. The summed E-state index contributed by atoms with van der Waals surface area (Å²) in [5.74, 6) is 0.270. The van der Waals surface area contributed by atoms with Gasteiger partial charge in [-0.05, 0) is 86.8 Å². The number of rotatable bonds is 13. The first-order chi connectivity index (χ1) is 25.1. The highest BCUT2D eigenvalue weighted by Crippen LogP contribution is 2.38. The number of ether oxygens (including phenoxy) is 3. The molecule has 1 aliphatic rings. The molecule has 0 atom stereocenters. The summed E-state index contributed by atoms with van der Waals surface area (Å²) in [4.78, 5) is 46.4. The fraction of sp³-hybridized carbons (Fsp3) is 0.289. The minimum Gasteiger partial charge on any atom is -0.493 e. The molecule has 1 N–H and O–H groups in total. The SMILES string of the molecule is C=CCn1c(=O)c(C(=O)Nc2ccc(Oc3ccnc4cc(OC)c(OCCCN5CCC(C)CC5)cc34)c(F)c2)nn(-c2ccc(Cl)cc2)c1=O. The Labute approximate surface area is 304 Å². The molecule has 0 unspecified atom stereocenters. The van der Waals surface area contributed by atoms with Gasteiger partial charge < -0.3 is 24.4 Å². The Morgan fingerprint density at radius 3 is 2.52 bits per heavy atom. The smallest absolute Gasteiger partial charge is 0.352 e. The Balaban J connectivity index is 1.19. The number of carbonyl (C=O) groups excluding carboxylic acids is 1. The third-order valence-corrected chi connectivity index (χ3v) is 9.06. The number of halogens is 2. The molecule has 0 bridgehead atoms. The number of fused-ring (bicyclic) bond motifs is 1. The van der Waals surface area contributed by atoms with Crippen LogP contribution in [-0.2, 0) is 6.54 Å². The first-order valence-electron chi connectivity index (χ1n) is 16.9. The number of hydrogen-bond acceptors (Lipinski definition) is 9. The van der Waals surface area contributed by atoms with Crippen LogP contribution < -0.4 is 30.8 Å². The number of piperidine rings is 1. The maximum atomic E-state index is 15.5. The monoisotopic (exact) mass is 728 g/mol. The van der Waals surface area contributed by atoms with Crippen molar-refractivity contribution in [3.05, 3.63) is 117 Å². The number of aromatic nitrogens is 4. The number of benzene rings is 3. The molecule has 52 heavy (non-hydrogen) atoms. The van der Waals surface area contributed by atoms with Gasteiger partial charge in [0.1, 0.15) is 5.75 Å². The lowest BCUT2D eigenvalue weighted by molar-refractivity contribution is 0.101. The van der Waals surface area contributed by atoms with Crippen LogP contribution in [0, 0.1) is 11.7 Å². The number of allylic oxidation sites excluding steroid dienone is 1. The number of carbonyl (C=O) groups is 1. The van der Waals surface area contributed by atoms with Gasteiger partial charge >= 0.3 is 5.69 Å².